The summed E-state index contributed by atoms with van der Waals surface area (Å²) in [6, 6.07) is 18.0. The molecule has 1 amide bonds. The maximum absolute atomic E-state index is 12.1. The Morgan fingerprint density at radius 1 is 1.18 bits per heavy atom. The smallest absolute Gasteiger partial charge is 0.243 e. The predicted octanol–water partition coefficient (Wildman–Crippen LogP) is 2.81. The van der Waals surface area contributed by atoms with Gasteiger partial charge in [-0.2, -0.15) is 5.10 Å². The topological polar surface area (TPSA) is 83.8 Å². The zero-order chi connectivity index (χ0) is 23.6. The summed E-state index contributed by atoms with van der Waals surface area (Å²) in [4.78, 5) is 18.1. The highest BCUT2D eigenvalue weighted by molar-refractivity contribution is 5.85. The maximum Gasteiger partial charge on any atom is 0.243 e. The lowest BCUT2D eigenvalue weighted by molar-refractivity contribution is -0.127. The molecule has 8 nitrogen and oxygen atoms in total. The number of carbonyl (C=O) groups is 1. The monoisotopic (exact) mass is 448 g/mol. The van der Waals surface area contributed by atoms with E-state index < -0.39 is 0 Å². The lowest BCUT2D eigenvalue weighted by Crippen LogP contribution is -2.40. The van der Waals surface area contributed by atoms with Crippen molar-refractivity contribution in [3.63, 3.8) is 0 Å². The number of hydrogen-bond donors (Lipinski definition) is 2. The Labute approximate surface area is 195 Å². The van der Waals surface area contributed by atoms with Crippen molar-refractivity contribution in [2.75, 3.05) is 34.3 Å². The molecule has 8 heteroatoms. The molecule has 0 bridgehead atoms. The molecule has 33 heavy (non-hydrogen) atoms. The van der Waals surface area contributed by atoms with Crippen LogP contribution in [0.3, 0.4) is 0 Å². The summed E-state index contributed by atoms with van der Waals surface area (Å²) < 4.78 is 7.04. The number of amides is 1. The van der Waals surface area contributed by atoms with Crippen LogP contribution in [0.1, 0.15) is 24.1 Å². The van der Waals surface area contributed by atoms with Crippen molar-refractivity contribution < 1.29 is 9.53 Å². The molecular formula is C25H32N6O2. The number of aromatic nitrogens is 2. The van der Waals surface area contributed by atoms with Crippen LogP contribution < -0.4 is 15.4 Å². The van der Waals surface area contributed by atoms with Gasteiger partial charge in [-0.15, -0.1) is 0 Å². The molecule has 0 saturated carbocycles. The van der Waals surface area contributed by atoms with Gasteiger partial charge < -0.3 is 20.3 Å². The number of ether oxygens (including phenoxy) is 1. The minimum atomic E-state index is -0.0559. The van der Waals surface area contributed by atoms with E-state index in [0.717, 1.165) is 23.4 Å². The summed E-state index contributed by atoms with van der Waals surface area (Å²) >= 11 is 0. The molecule has 0 aliphatic rings. The van der Waals surface area contributed by atoms with Gasteiger partial charge in [-0.25, -0.2) is 9.67 Å². The standard InChI is InChI=1S/C25H32N6O2/c1-19(21-7-5-8-22(17-21)31-16-6-14-28-31)29-25(27-18-24(32)30(2)3)26-15-13-20-9-11-23(33-4)12-10-20/h5-12,14,16-17,19H,13,15,18H2,1-4H3,(H2,26,27,29). The first-order valence-corrected chi connectivity index (χ1v) is 10.9. The van der Waals surface area contributed by atoms with E-state index in [1.165, 1.54) is 10.5 Å². The minimum absolute atomic E-state index is 0.0257. The van der Waals surface area contributed by atoms with Crippen molar-refractivity contribution in [1.82, 2.24) is 25.3 Å². The van der Waals surface area contributed by atoms with Gasteiger partial charge in [-0.05, 0) is 54.8 Å². The molecule has 1 heterocycles. The molecule has 1 atom stereocenters. The first kappa shape index (κ1) is 23.8. The summed E-state index contributed by atoms with van der Waals surface area (Å²) in [6.45, 7) is 2.82. The average molecular weight is 449 g/mol. The van der Waals surface area contributed by atoms with E-state index in [9.17, 15) is 4.79 Å². The number of rotatable bonds is 9. The summed E-state index contributed by atoms with van der Waals surface area (Å²) in [5.41, 5.74) is 3.26. The summed E-state index contributed by atoms with van der Waals surface area (Å²) in [7, 11) is 5.11. The van der Waals surface area contributed by atoms with E-state index >= 15 is 0 Å². The Morgan fingerprint density at radius 3 is 2.64 bits per heavy atom. The molecule has 2 aromatic carbocycles. The second kappa shape index (κ2) is 11.7. The highest BCUT2D eigenvalue weighted by Gasteiger charge is 2.11. The SMILES string of the molecule is COc1ccc(CCNC(=NCC(=O)N(C)C)NC(C)c2cccc(-n3cccn3)c2)cc1. The fourth-order valence-electron chi connectivity index (χ4n) is 3.20. The van der Waals surface area contributed by atoms with Crippen molar-refractivity contribution in [2.24, 2.45) is 4.99 Å². The lowest BCUT2D eigenvalue weighted by atomic mass is 10.1. The summed E-state index contributed by atoms with van der Waals surface area (Å²) in [5.74, 6) is 1.37. The Bertz CT molecular complexity index is 1050. The molecule has 0 fully saturated rings. The largest absolute Gasteiger partial charge is 0.497 e. The Balaban J connectivity index is 1.67. The van der Waals surface area contributed by atoms with Gasteiger partial charge in [-0.3, -0.25) is 4.79 Å². The van der Waals surface area contributed by atoms with Gasteiger partial charge in [0.15, 0.2) is 5.96 Å². The van der Waals surface area contributed by atoms with Crippen LogP contribution in [-0.2, 0) is 11.2 Å². The number of likely N-dealkylation sites (N-methyl/N-ethyl adjacent to an activating group) is 1. The number of carbonyl (C=O) groups excluding carboxylic acids is 1. The highest BCUT2D eigenvalue weighted by atomic mass is 16.5. The molecule has 0 radical (unpaired) electrons. The van der Waals surface area contributed by atoms with Crippen LogP contribution in [0.15, 0.2) is 72.0 Å². The fourth-order valence-corrected chi connectivity index (χ4v) is 3.20. The van der Waals surface area contributed by atoms with Crippen LogP contribution in [-0.4, -0.2) is 60.8 Å². The van der Waals surface area contributed by atoms with Gasteiger partial charge in [-0.1, -0.05) is 24.3 Å². The zero-order valence-corrected chi connectivity index (χ0v) is 19.7. The third kappa shape index (κ3) is 7.10. The molecule has 0 saturated heterocycles. The molecule has 1 aromatic heterocycles. The van der Waals surface area contributed by atoms with E-state index in [1.54, 1.807) is 27.4 Å². The molecule has 3 aromatic rings. The Kier molecular flexibility index (Phi) is 8.46. The van der Waals surface area contributed by atoms with E-state index in [2.05, 4.69) is 39.8 Å². The Morgan fingerprint density at radius 2 is 1.97 bits per heavy atom. The van der Waals surface area contributed by atoms with Crippen molar-refractivity contribution in [1.29, 1.82) is 0 Å². The molecule has 0 aliphatic carbocycles. The maximum atomic E-state index is 12.1. The number of nitrogens with zero attached hydrogens (tertiary/aromatic N) is 4. The van der Waals surface area contributed by atoms with Gasteiger partial charge in [0, 0.05) is 33.0 Å². The first-order valence-electron chi connectivity index (χ1n) is 10.9. The van der Waals surface area contributed by atoms with Crippen LogP contribution in [0.2, 0.25) is 0 Å². The molecule has 2 N–H and O–H groups in total. The van der Waals surface area contributed by atoms with Crippen LogP contribution in [0.25, 0.3) is 5.69 Å². The van der Waals surface area contributed by atoms with Crippen molar-refractivity contribution in [2.45, 2.75) is 19.4 Å². The summed E-state index contributed by atoms with van der Waals surface area (Å²) in [6.07, 6.45) is 4.49. The highest BCUT2D eigenvalue weighted by Crippen LogP contribution is 2.16. The molecule has 0 aliphatic heterocycles. The molecule has 174 valence electrons. The van der Waals surface area contributed by atoms with Crippen molar-refractivity contribution >= 4 is 11.9 Å². The second-order valence-corrected chi connectivity index (χ2v) is 7.89. The van der Waals surface area contributed by atoms with Gasteiger partial charge >= 0.3 is 0 Å². The Hall–Kier alpha value is -3.81. The minimum Gasteiger partial charge on any atom is -0.497 e. The molecular weight excluding hydrogens is 416 g/mol. The predicted molar refractivity (Wildman–Crippen MR) is 131 cm³/mol. The first-order chi connectivity index (χ1) is 16.0. The van der Waals surface area contributed by atoms with E-state index in [4.69, 9.17) is 4.74 Å². The average Bonchev–Trinajstić information content (AvgIpc) is 3.37. The number of methoxy groups -OCH3 is 1. The number of hydrogen-bond acceptors (Lipinski definition) is 4. The zero-order valence-electron chi connectivity index (χ0n) is 19.7. The van der Waals surface area contributed by atoms with E-state index in [1.807, 2.05) is 53.3 Å². The summed E-state index contributed by atoms with van der Waals surface area (Å²) in [5, 5.41) is 11.1. The van der Waals surface area contributed by atoms with Crippen molar-refractivity contribution in [3.8, 4) is 11.4 Å². The fraction of sp³-hybridized carbons (Fsp3) is 0.320. The molecule has 3 rings (SSSR count). The van der Waals surface area contributed by atoms with Crippen molar-refractivity contribution in [3.05, 3.63) is 78.1 Å². The third-order valence-electron chi connectivity index (χ3n) is 5.23. The van der Waals surface area contributed by atoms with Crippen LogP contribution >= 0.6 is 0 Å². The number of benzene rings is 2. The second-order valence-electron chi connectivity index (χ2n) is 7.89. The van der Waals surface area contributed by atoms with Crippen LogP contribution in [0.5, 0.6) is 5.75 Å². The number of nitrogens with one attached hydrogen (secondary N) is 2. The number of aliphatic imine (C=N–C) groups is 1. The number of guanidine groups is 1. The normalized spacial score (nSPS) is 12.2. The van der Waals surface area contributed by atoms with Gasteiger partial charge in [0.05, 0.1) is 18.8 Å². The van der Waals surface area contributed by atoms with E-state index in [0.29, 0.717) is 12.5 Å². The van der Waals surface area contributed by atoms with Crippen LogP contribution in [0.4, 0.5) is 0 Å². The molecule has 1 unspecified atom stereocenters. The lowest BCUT2D eigenvalue weighted by Gasteiger charge is -2.20. The van der Waals surface area contributed by atoms with Crippen LogP contribution in [0, 0.1) is 0 Å². The quantitative estimate of drug-likeness (QED) is 0.389. The third-order valence-corrected chi connectivity index (χ3v) is 5.23. The molecule has 0 spiro atoms. The van der Waals surface area contributed by atoms with Gasteiger partial charge in [0.1, 0.15) is 12.3 Å². The van der Waals surface area contributed by atoms with Gasteiger partial charge in [0.2, 0.25) is 5.91 Å². The van der Waals surface area contributed by atoms with E-state index in [-0.39, 0.29) is 18.5 Å². The van der Waals surface area contributed by atoms with Gasteiger partial charge in [0.25, 0.3) is 0 Å².